The van der Waals surface area contributed by atoms with Crippen molar-refractivity contribution in [2.24, 2.45) is 0 Å². The van der Waals surface area contributed by atoms with Crippen LogP contribution in [-0.2, 0) is 6.61 Å². The van der Waals surface area contributed by atoms with Crippen molar-refractivity contribution < 1.29 is 14.4 Å². The first kappa shape index (κ1) is 13.4. The number of benzene rings is 1. The minimum absolute atomic E-state index is 0.188. The lowest BCUT2D eigenvalue weighted by atomic mass is 10.1. The molecule has 106 valence electrons. The minimum Gasteiger partial charge on any atom is -0.482 e. The topological polar surface area (TPSA) is 68.4 Å². The molecule has 6 heteroatoms. The summed E-state index contributed by atoms with van der Waals surface area (Å²) in [7, 11) is 0. The number of ether oxygens (including phenoxy) is 1. The molecule has 1 atom stereocenters. The van der Waals surface area contributed by atoms with Crippen LogP contribution < -0.4 is 4.74 Å². The average molecular weight is 295 g/mol. The molecule has 0 unspecified atom stereocenters. The molecule has 0 saturated heterocycles. The first-order valence-corrected chi connectivity index (χ1v) is 6.94. The van der Waals surface area contributed by atoms with Gasteiger partial charge in [-0.2, -0.15) is 4.98 Å². The summed E-state index contributed by atoms with van der Waals surface area (Å²) in [5.74, 6) is 2.20. The summed E-state index contributed by atoms with van der Waals surface area (Å²) in [5, 5.41) is 13.8. The number of rotatable bonds is 5. The van der Waals surface area contributed by atoms with Gasteiger partial charge in [0.05, 0.1) is 11.1 Å². The maximum Gasteiger partial charge on any atom is 0.264 e. The molecule has 1 saturated carbocycles. The Morgan fingerprint density at radius 3 is 2.95 bits per heavy atom. The van der Waals surface area contributed by atoms with E-state index in [1.54, 1.807) is 25.1 Å². The van der Waals surface area contributed by atoms with Gasteiger partial charge in [0.1, 0.15) is 5.75 Å². The second-order valence-corrected chi connectivity index (χ2v) is 5.38. The molecule has 0 spiro atoms. The fraction of sp³-hybridized carbons (Fsp3) is 0.429. The molecule has 1 heterocycles. The van der Waals surface area contributed by atoms with Gasteiger partial charge in [-0.05, 0) is 37.5 Å². The van der Waals surface area contributed by atoms with Crippen LogP contribution in [0.4, 0.5) is 0 Å². The van der Waals surface area contributed by atoms with Gasteiger partial charge in [-0.25, -0.2) is 0 Å². The molecule has 0 amide bonds. The zero-order valence-corrected chi connectivity index (χ0v) is 11.8. The molecule has 1 aliphatic rings. The predicted molar refractivity (Wildman–Crippen MR) is 72.7 cm³/mol. The summed E-state index contributed by atoms with van der Waals surface area (Å²) < 4.78 is 10.7. The highest BCUT2D eigenvalue weighted by molar-refractivity contribution is 6.32. The van der Waals surface area contributed by atoms with Crippen molar-refractivity contribution in [3.63, 3.8) is 0 Å². The van der Waals surface area contributed by atoms with E-state index in [-0.39, 0.29) is 6.61 Å². The Kier molecular flexibility index (Phi) is 3.63. The van der Waals surface area contributed by atoms with Gasteiger partial charge >= 0.3 is 0 Å². The van der Waals surface area contributed by atoms with E-state index >= 15 is 0 Å². The molecule has 2 aromatic rings. The smallest absolute Gasteiger partial charge is 0.264 e. The monoisotopic (exact) mass is 294 g/mol. The molecule has 0 radical (unpaired) electrons. The highest BCUT2D eigenvalue weighted by Gasteiger charge is 2.28. The first-order valence-electron chi connectivity index (χ1n) is 6.56. The Morgan fingerprint density at radius 1 is 1.50 bits per heavy atom. The van der Waals surface area contributed by atoms with Gasteiger partial charge in [0.25, 0.3) is 5.89 Å². The quantitative estimate of drug-likeness (QED) is 0.917. The standard InChI is InChI=1S/C14H15ClN2O3/c1-8(18)10-4-5-12(11(15)6-10)19-7-13-16-14(17-20-13)9-2-3-9/h4-6,8-9,18H,2-3,7H2,1H3/t8-/m1/s1. The van der Waals surface area contributed by atoms with Crippen molar-refractivity contribution in [3.8, 4) is 5.75 Å². The minimum atomic E-state index is -0.557. The molecular weight excluding hydrogens is 280 g/mol. The van der Waals surface area contributed by atoms with E-state index in [1.165, 1.54) is 0 Å². The van der Waals surface area contributed by atoms with Crippen LogP contribution in [0.5, 0.6) is 5.75 Å². The van der Waals surface area contributed by atoms with E-state index in [1.807, 2.05) is 0 Å². The summed E-state index contributed by atoms with van der Waals surface area (Å²) in [6.45, 7) is 1.87. The maximum atomic E-state index is 9.47. The molecule has 0 aliphatic heterocycles. The summed E-state index contributed by atoms with van der Waals surface area (Å²) in [4.78, 5) is 4.28. The fourth-order valence-electron chi connectivity index (χ4n) is 1.87. The number of nitrogens with zero attached hydrogens (tertiary/aromatic N) is 2. The lowest BCUT2D eigenvalue weighted by Gasteiger charge is -2.09. The Balaban J connectivity index is 1.65. The van der Waals surface area contributed by atoms with Gasteiger partial charge in [0, 0.05) is 5.92 Å². The van der Waals surface area contributed by atoms with Crippen LogP contribution in [0.25, 0.3) is 0 Å². The summed E-state index contributed by atoms with van der Waals surface area (Å²) in [6.07, 6.45) is 1.71. The highest BCUT2D eigenvalue weighted by atomic mass is 35.5. The van der Waals surface area contributed by atoms with Crippen molar-refractivity contribution in [1.29, 1.82) is 0 Å². The lowest BCUT2D eigenvalue weighted by molar-refractivity contribution is 0.199. The third-order valence-corrected chi connectivity index (χ3v) is 3.51. The summed E-state index contributed by atoms with van der Waals surface area (Å²) >= 11 is 6.10. The molecule has 20 heavy (non-hydrogen) atoms. The van der Waals surface area contributed by atoms with Crippen LogP contribution >= 0.6 is 11.6 Å². The highest BCUT2D eigenvalue weighted by Crippen LogP contribution is 2.38. The summed E-state index contributed by atoms with van der Waals surface area (Å²) in [6, 6.07) is 5.18. The zero-order chi connectivity index (χ0) is 14.1. The van der Waals surface area contributed by atoms with Gasteiger partial charge in [-0.3, -0.25) is 0 Å². The van der Waals surface area contributed by atoms with Crippen LogP contribution in [0, 0.1) is 0 Å². The van der Waals surface area contributed by atoms with Crippen molar-refractivity contribution in [1.82, 2.24) is 10.1 Å². The molecular formula is C14H15ClN2O3. The number of aliphatic hydroxyl groups excluding tert-OH is 1. The van der Waals surface area contributed by atoms with Crippen molar-refractivity contribution >= 4 is 11.6 Å². The number of hydrogen-bond donors (Lipinski definition) is 1. The third-order valence-electron chi connectivity index (χ3n) is 3.22. The average Bonchev–Trinajstić information content (AvgIpc) is 3.17. The number of aromatic nitrogens is 2. The Labute approximate surface area is 121 Å². The maximum absolute atomic E-state index is 9.47. The molecule has 1 aromatic heterocycles. The summed E-state index contributed by atoms with van der Waals surface area (Å²) in [5.41, 5.74) is 0.746. The van der Waals surface area contributed by atoms with E-state index in [9.17, 15) is 5.11 Å². The molecule has 0 bridgehead atoms. The van der Waals surface area contributed by atoms with Gasteiger partial charge in [-0.15, -0.1) is 0 Å². The zero-order valence-electron chi connectivity index (χ0n) is 11.0. The fourth-order valence-corrected chi connectivity index (χ4v) is 2.11. The van der Waals surface area contributed by atoms with E-state index in [4.69, 9.17) is 20.9 Å². The lowest BCUT2D eigenvalue weighted by Crippen LogP contribution is -1.98. The van der Waals surface area contributed by atoms with Crippen LogP contribution in [0.15, 0.2) is 22.7 Å². The Morgan fingerprint density at radius 2 is 2.30 bits per heavy atom. The van der Waals surface area contributed by atoms with Gasteiger partial charge in [0.2, 0.25) is 0 Å². The number of halogens is 1. The Hall–Kier alpha value is -1.59. The van der Waals surface area contributed by atoms with E-state index in [0.717, 1.165) is 24.2 Å². The predicted octanol–water partition coefficient (Wildman–Crippen LogP) is 3.23. The van der Waals surface area contributed by atoms with Crippen LogP contribution in [0.1, 0.15) is 49.1 Å². The van der Waals surface area contributed by atoms with Crippen molar-refractivity contribution in [3.05, 3.63) is 40.5 Å². The second kappa shape index (κ2) is 5.42. The third kappa shape index (κ3) is 2.94. The molecule has 3 rings (SSSR count). The van der Waals surface area contributed by atoms with Crippen molar-refractivity contribution in [2.75, 3.05) is 0 Å². The van der Waals surface area contributed by atoms with Crippen LogP contribution in [0.3, 0.4) is 0 Å². The Bertz CT molecular complexity index is 608. The van der Waals surface area contributed by atoms with Gasteiger partial charge in [0.15, 0.2) is 12.4 Å². The van der Waals surface area contributed by atoms with Crippen molar-refractivity contribution in [2.45, 2.75) is 38.4 Å². The molecule has 1 aliphatic carbocycles. The second-order valence-electron chi connectivity index (χ2n) is 4.98. The van der Waals surface area contributed by atoms with E-state index in [2.05, 4.69) is 10.1 Å². The normalized spacial score (nSPS) is 16.1. The molecule has 1 fully saturated rings. The SMILES string of the molecule is C[C@@H](O)c1ccc(OCc2nc(C3CC3)no2)c(Cl)c1. The first-order chi connectivity index (χ1) is 9.63. The molecule has 1 aromatic carbocycles. The van der Waals surface area contributed by atoms with Gasteiger partial charge < -0.3 is 14.4 Å². The largest absolute Gasteiger partial charge is 0.482 e. The van der Waals surface area contributed by atoms with Crippen LogP contribution in [-0.4, -0.2) is 15.2 Å². The van der Waals surface area contributed by atoms with E-state index < -0.39 is 6.10 Å². The van der Waals surface area contributed by atoms with Crippen LogP contribution in [0.2, 0.25) is 5.02 Å². The van der Waals surface area contributed by atoms with E-state index in [0.29, 0.717) is 22.6 Å². The van der Waals surface area contributed by atoms with Gasteiger partial charge in [-0.1, -0.05) is 22.8 Å². The number of aliphatic hydroxyl groups is 1. The molecule has 1 N–H and O–H groups in total. The number of hydrogen-bond acceptors (Lipinski definition) is 5. The molecule has 5 nitrogen and oxygen atoms in total.